The Hall–Kier alpha value is -3.02. The Morgan fingerprint density at radius 2 is 1.74 bits per heavy atom. The maximum absolute atomic E-state index is 12.1. The molecule has 0 radical (unpaired) electrons. The molecular weight excluding hydrogens is 396 g/mol. The van der Waals surface area contributed by atoms with Gasteiger partial charge in [0.25, 0.3) is 0 Å². The molecule has 0 aromatic heterocycles. The highest BCUT2D eigenvalue weighted by Crippen LogP contribution is 2.45. The summed E-state index contributed by atoms with van der Waals surface area (Å²) in [6, 6.07) is 9.58. The molecule has 0 N–H and O–H groups in total. The van der Waals surface area contributed by atoms with Crippen LogP contribution in [0.15, 0.2) is 30.3 Å². The predicted molar refractivity (Wildman–Crippen MR) is 116 cm³/mol. The molecule has 1 fully saturated rings. The highest BCUT2D eigenvalue weighted by atomic mass is 16.6. The number of Topliss-reactive ketones (excluding diaryl/α,β-unsaturated/α-hetero) is 1. The molecule has 0 amide bonds. The Bertz CT molecular complexity index is 1020. The van der Waals surface area contributed by atoms with Crippen LogP contribution < -0.4 is 14.2 Å². The van der Waals surface area contributed by atoms with Crippen molar-refractivity contribution in [1.82, 2.24) is 0 Å². The summed E-state index contributed by atoms with van der Waals surface area (Å²) in [5, 5.41) is 0. The number of rotatable bonds is 8. The van der Waals surface area contributed by atoms with Crippen LogP contribution in [0.5, 0.6) is 17.2 Å². The predicted octanol–water partition coefficient (Wildman–Crippen LogP) is 4.61. The number of benzene rings is 2. The van der Waals surface area contributed by atoms with Crippen molar-refractivity contribution >= 4 is 11.8 Å². The maximum Gasteiger partial charge on any atom is 0.309 e. The van der Waals surface area contributed by atoms with E-state index in [-0.39, 0.29) is 24.3 Å². The summed E-state index contributed by atoms with van der Waals surface area (Å²) in [5.41, 5.74) is 2.79. The third-order valence-electron chi connectivity index (χ3n) is 5.69. The first-order chi connectivity index (χ1) is 14.8. The number of carbonyl (C=O) groups excluding carboxylic acids is 2. The standard InChI is InChI=1S/C25H28O6/c1-25(2,31-24(27)15-5-6-15)14-30-22-19(10-12-21(28-3)23(22)29-4)17-7-9-18-16(13-17)8-11-20(18)26/h7,9-10,12-13,15H,5-6,8,11,14H2,1-4H3. The van der Waals surface area contributed by atoms with Crippen LogP contribution in [-0.2, 0) is 16.0 Å². The van der Waals surface area contributed by atoms with Gasteiger partial charge in [-0.05, 0) is 56.4 Å². The van der Waals surface area contributed by atoms with Crippen LogP contribution in [-0.4, -0.2) is 38.2 Å². The summed E-state index contributed by atoms with van der Waals surface area (Å²) in [7, 11) is 3.14. The van der Waals surface area contributed by atoms with Crippen molar-refractivity contribution in [2.24, 2.45) is 5.92 Å². The molecule has 2 aromatic carbocycles. The van der Waals surface area contributed by atoms with Gasteiger partial charge in [-0.25, -0.2) is 0 Å². The zero-order valence-electron chi connectivity index (χ0n) is 18.4. The van der Waals surface area contributed by atoms with E-state index in [0.717, 1.165) is 41.5 Å². The van der Waals surface area contributed by atoms with Gasteiger partial charge in [-0.15, -0.1) is 0 Å². The maximum atomic E-state index is 12.1. The number of aryl methyl sites for hydroxylation is 1. The zero-order chi connectivity index (χ0) is 22.2. The number of hydrogen-bond donors (Lipinski definition) is 0. The number of fused-ring (bicyclic) bond motifs is 1. The van der Waals surface area contributed by atoms with Gasteiger partial charge < -0.3 is 18.9 Å². The summed E-state index contributed by atoms with van der Waals surface area (Å²) in [6.45, 7) is 3.83. The van der Waals surface area contributed by atoms with E-state index in [1.54, 1.807) is 14.2 Å². The lowest BCUT2D eigenvalue weighted by Crippen LogP contribution is -2.35. The quantitative estimate of drug-likeness (QED) is 0.577. The SMILES string of the molecule is COc1ccc(-c2ccc3c(c2)CCC3=O)c(OCC(C)(C)OC(=O)C2CC2)c1OC. The lowest BCUT2D eigenvalue weighted by Gasteiger charge is -2.27. The van der Waals surface area contributed by atoms with E-state index in [1.807, 2.05) is 44.2 Å². The summed E-state index contributed by atoms with van der Waals surface area (Å²) in [5.74, 6) is 1.57. The van der Waals surface area contributed by atoms with Crippen LogP contribution in [0.4, 0.5) is 0 Å². The van der Waals surface area contributed by atoms with E-state index >= 15 is 0 Å². The van der Waals surface area contributed by atoms with E-state index in [1.165, 1.54) is 0 Å². The Kier molecular flexibility index (Phi) is 5.65. The molecule has 4 rings (SSSR count). The topological polar surface area (TPSA) is 71.1 Å². The summed E-state index contributed by atoms with van der Waals surface area (Å²) in [4.78, 5) is 24.1. The van der Waals surface area contributed by atoms with Crippen molar-refractivity contribution in [2.75, 3.05) is 20.8 Å². The van der Waals surface area contributed by atoms with Gasteiger partial charge in [0.05, 0.1) is 20.1 Å². The second-order valence-electron chi connectivity index (χ2n) is 8.72. The summed E-state index contributed by atoms with van der Waals surface area (Å²) >= 11 is 0. The van der Waals surface area contributed by atoms with E-state index < -0.39 is 5.60 Å². The number of methoxy groups -OCH3 is 2. The van der Waals surface area contributed by atoms with Crippen molar-refractivity contribution < 1.29 is 28.5 Å². The Labute approximate surface area is 182 Å². The molecule has 31 heavy (non-hydrogen) atoms. The van der Waals surface area contributed by atoms with Crippen molar-refractivity contribution in [3.05, 3.63) is 41.5 Å². The minimum absolute atomic E-state index is 0.0234. The minimum Gasteiger partial charge on any atom is -0.493 e. The molecule has 0 saturated heterocycles. The molecule has 164 valence electrons. The van der Waals surface area contributed by atoms with Gasteiger partial charge >= 0.3 is 5.97 Å². The van der Waals surface area contributed by atoms with E-state index in [4.69, 9.17) is 18.9 Å². The van der Waals surface area contributed by atoms with E-state index in [0.29, 0.717) is 23.7 Å². The van der Waals surface area contributed by atoms with Gasteiger partial charge in [0.2, 0.25) is 5.75 Å². The van der Waals surface area contributed by atoms with Gasteiger partial charge in [-0.3, -0.25) is 9.59 Å². The largest absolute Gasteiger partial charge is 0.493 e. The molecule has 6 nitrogen and oxygen atoms in total. The van der Waals surface area contributed by atoms with Crippen LogP contribution in [0.3, 0.4) is 0 Å². The third kappa shape index (κ3) is 4.38. The first kappa shape index (κ1) is 21.2. The average Bonchev–Trinajstić information content (AvgIpc) is 3.54. The summed E-state index contributed by atoms with van der Waals surface area (Å²) < 4.78 is 23.0. The zero-order valence-corrected chi connectivity index (χ0v) is 18.4. The van der Waals surface area contributed by atoms with E-state index in [9.17, 15) is 9.59 Å². The Morgan fingerprint density at radius 3 is 2.42 bits per heavy atom. The number of ketones is 1. The number of esters is 1. The molecule has 6 heteroatoms. The van der Waals surface area contributed by atoms with Crippen LogP contribution in [0.1, 0.15) is 49.0 Å². The van der Waals surface area contributed by atoms with Crippen LogP contribution in [0.25, 0.3) is 11.1 Å². The Balaban J connectivity index is 1.66. The lowest BCUT2D eigenvalue weighted by atomic mass is 9.99. The number of ether oxygens (including phenoxy) is 4. The second-order valence-corrected chi connectivity index (χ2v) is 8.72. The van der Waals surface area contributed by atoms with Crippen LogP contribution in [0, 0.1) is 5.92 Å². The van der Waals surface area contributed by atoms with Gasteiger partial charge in [-0.2, -0.15) is 0 Å². The average molecular weight is 424 g/mol. The molecule has 0 atom stereocenters. The van der Waals surface area contributed by atoms with Crippen molar-refractivity contribution in [3.8, 4) is 28.4 Å². The molecule has 2 aliphatic rings. The third-order valence-corrected chi connectivity index (χ3v) is 5.69. The molecule has 2 aliphatic carbocycles. The van der Waals surface area contributed by atoms with Crippen LogP contribution in [0.2, 0.25) is 0 Å². The van der Waals surface area contributed by atoms with Gasteiger partial charge in [0.15, 0.2) is 17.3 Å². The minimum atomic E-state index is -0.796. The molecular formula is C25H28O6. The highest BCUT2D eigenvalue weighted by Gasteiger charge is 2.36. The molecule has 0 bridgehead atoms. The fraction of sp³-hybridized carbons (Fsp3) is 0.440. The van der Waals surface area contributed by atoms with E-state index in [2.05, 4.69) is 0 Å². The van der Waals surface area contributed by atoms with Crippen LogP contribution >= 0.6 is 0 Å². The first-order valence-electron chi connectivity index (χ1n) is 10.6. The highest BCUT2D eigenvalue weighted by molar-refractivity contribution is 6.01. The van der Waals surface area contributed by atoms with Gasteiger partial charge in [0.1, 0.15) is 12.2 Å². The first-order valence-corrected chi connectivity index (χ1v) is 10.6. The summed E-state index contributed by atoms with van der Waals surface area (Å²) in [6.07, 6.45) is 3.08. The second kappa shape index (κ2) is 8.25. The number of carbonyl (C=O) groups is 2. The number of hydrogen-bond acceptors (Lipinski definition) is 6. The van der Waals surface area contributed by atoms with Gasteiger partial charge in [-0.1, -0.05) is 18.2 Å². The fourth-order valence-corrected chi connectivity index (χ4v) is 3.84. The molecule has 0 aliphatic heterocycles. The Morgan fingerprint density at radius 1 is 1.00 bits per heavy atom. The fourth-order valence-electron chi connectivity index (χ4n) is 3.84. The van der Waals surface area contributed by atoms with Crippen molar-refractivity contribution in [3.63, 3.8) is 0 Å². The molecule has 0 unspecified atom stereocenters. The molecule has 1 saturated carbocycles. The van der Waals surface area contributed by atoms with Gasteiger partial charge in [0, 0.05) is 17.5 Å². The molecule has 0 spiro atoms. The van der Waals surface area contributed by atoms with Crippen molar-refractivity contribution in [1.29, 1.82) is 0 Å². The smallest absolute Gasteiger partial charge is 0.309 e. The van der Waals surface area contributed by atoms with Crippen molar-refractivity contribution in [2.45, 2.75) is 45.1 Å². The molecule has 0 heterocycles. The molecule has 2 aromatic rings. The lowest BCUT2D eigenvalue weighted by molar-refractivity contribution is -0.160. The normalized spacial score (nSPS) is 15.4. The monoisotopic (exact) mass is 424 g/mol.